The fraction of sp³-hybridized carbons (Fsp3) is 0.308. The van der Waals surface area contributed by atoms with Crippen molar-refractivity contribution in [3.8, 4) is 11.4 Å². The molecule has 2 rings (SSSR count). The van der Waals surface area contributed by atoms with Crippen LogP contribution in [0.3, 0.4) is 0 Å². The van der Waals surface area contributed by atoms with Gasteiger partial charge in [-0.05, 0) is 24.6 Å². The summed E-state index contributed by atoms with van der Waals surface area (Å²) in [5, 5.41) is 9.99. The van der Waals surface area contributed by atoms with E-state index in [1.54, 1.807) is 18.5 Å². The first-order valence-electron chi connectivity index (χ1n) is 5.76. The number of aliphatic hydroxyl groups is 1. The first kappa shape index (κ1) is 13.1. The van der Waals surface area contributed by atoms with E-state index in [1.165, 1.54) is 12.1 Å². The maximum atomic E-state index is 13.0. The van der Waals surface area contributed by atoms with Crippen molar-refractivity contribution >= 4 is 11.6 Å². The molecule has 1 unspecified atom stereocenters. The molecule has 1 atom stereocenters. The molecule has 2 aromatic rings. The zero-order valence-corrected chi connectivity index (χ0v) is 10.7. The van der Waals surface area contributed by atoms with Gasteiger partial charge in [-0.25, -0.2) is 9.37 Å². The highest BCUT2D eigenvalue weighted by atomic mass is 35.5. The van der Waals surface area contributed by atoms with E-state index in [2.05, 4.69) is 4.98 Å². The Kier molecular flexibility index (Phi) is 3.99. The van der Waals surface area contributed by atoms with Crippen LogP contribution in [0.15, 0.2) is 30.6 Å². The van der Waals surface area contributed by atoms with Crippen molar-refractivity contribution < 1.29 is 9.50 Å². The third kappa shape index (κ3) is 2.71. The molecule has 0 spiro atoms. The zero-order chi connectivity index (χ0) is 13.1. The van der Waals surface area contributed by atoms with Crippen molar-refractivity contribution in [3.63, 3.8) is 0 Å². The molecule has 1 aromatic carbocycles. The van der Waals surface area contributed by atoms with Gasteiger partial charge in [-0.2, -0.15) is 0 Å². The molecule has 18 heavy (non-hydrogen) atoms. The third-order valence-electron chi connectivity index (χ3n) is 2.77. The first-order chi connectivity index (χ1) is 8.61. The van der Waals surface area contributed by atoms with Gasteiger partial charge >= 0.3 is 0 Å². The molecule has 0 saturated carbocycles. The summed E-state index contributed by atoms with van der Waals surface area (Å²) in [6, 6.07) is 4.19. The topological polar surface area (TPSA) is 38.0 Å². The number of hydrogen-bond donors (Lipinski definition) is 1. The van der Waals surface area contributed by atoms with Gasteiger partial charge in [0, 0.05) is 18.0 Å². The average Bonchev–Trinajstić information content (AvgIpc) is 2.77. The van der Waals surface area contributed by atoms with Crippen LogP contribution in [-0.2, 0) is 6.54 Å². The molecule has 0 aliphatic carbocycles. The van der Waals surface area contributed by atoms with E-state index >= 15 is 0 Å². The van der Waals surface area contributed by atoms with Crippen LogP contribution in [0.1, 0.15) is 13.3 Å². The zero-order valence-electron chi connectivity index (χ0n) is 9.98. The Labute approximate surface area is 110 Å². The van der Waals surface area contributed by atoms with Gasteiger partial charge < -0.3 is 9.67 Å². The Morgan fingerprint density at radius 3 is 2.94 bits per heavy atom. The second kappa shape index (κ2) is 5.50. The summed E-state index contributed by atoms with van der Waals surface area (Å²) in [4.78, 5) is 4.21. The van der Waals surface area contributed by atoms with Crippen LogP contribution in [0, 0.1) is 5.82 Å². The van der Waals surface area contributed by atoms with E-state index in [0.29, 0.717) is 29.4 Å². The Balaban J connectivity index is 2.36. The Bertz CT molecular complexity index is 542. The number of nitrogens with zero attached hydrogens (tertiary/aromatic N) is 2. The van der Waals surface area contributed by atoms with Gasteiger partial charge in [-0.1, -0.05) is 18.5 Å². The lowest BCUT2D eigenvalue weighted by molar-refractivity contribution is 0.150. The summed E-state index contributed by atoms with van der Waals surface area (Å²) in [6.45, 7) is 2.35. The number of halogens is 2. The Morgan fingerprint density at radius 1 is 1.50 bits per heavy atom. The quantitative estimate of drug-likeness (QED) is 0.925. The molecule has 0 fully saturated rings. The molecule has 0 radical (unpaired) electrons. The van der Waals surface area contributed by atoms with Crippen LogP contribution in [0.25, 0.3) is 11.4 Å². The van der Waals surface area contributed by atoms with Crippen LogP contribution >= 0.6 is 11.6 Å². The van der Waals surface area contributed by atoms with E-state index in [9.17, 15) is 9.50 Å². The van der Waals surface area contributed by atoms with Gasteiger partial charge in [0.25, 0.3) is 0 Å². The van der Waals surface area contributed by atoms with Crippen molar-refractivity contribution in [3.05, 3.63) is 41.4 Å². The Morgan fingerprint density at radius 2 is 2.28 bits per heavy atom. The predicted octanol–water partition coefficient (Wildman–Crippen LogP) is 3.11. The van der Waals surface area contributed by atoms with Gasteiger partial charge in [0.2, 0.25) is 0 Å². The van der Waals surface area contributed by atoms with Gasteiger partial charge in [-0.3, -0.25) is 0 Å². The highest BCUT2D eigenvalue weighted by Crippen LogP contribution is 2.27. The van der Waals surface area contributed by atoms with Crippen molar-refractivity contribution in [2.24, 2.45) is 0 Å². The number of rotatable bonds is 4. The van der Waals surface area contributed by atoms with Crippen molar-refractivity contribution in [1.82, 2.24) is 9.55 Å². The normalized spacial score (nSPS) is 12.7. The monoisotopic (exact) mass is 268 g/mol. The summed E-state index contributed by atoms with van der Waals surface area (Å²) < 4.78 is 14.8. The van der Waals surface area contributed by atoms with Crippen LogP contribution < -0.4 is 0 Å². The molecule has 0 aliphatic rings. The molecule has 0 saturated heterocycles. The average molecular weight is 269 g/mol. The maximum absolute atomic E-state index is 13.0. The second-order valence-corrected chi connectivity index (χ2v) is 4.50. The van der Waals surface area contributed by atoms with E-state index in [1.807, 2.05) is 11.5 Å². The van der Waals surface area contributed by atoms with Gasteiger partial charge in [-0.15, -0.1) is 0 Å². The number of imidazole rings is 1. The second-order valence-electron chi connectivity index (χ2n) is 4.09. The Hall–Kier alpha value is -1.39. The van der Waals surface area contributed by atoms with Crippen molar-refractivity contribution in [2.75, 3.05) is 0 Å². The van der Waals surface area contributed by atoms with Gasteiger partial charge in [0.15, 0.2) is 0 Å². The fourth-order valence-electron chi connectivity index (χ4n) is 1.73. The fourth-order valence-corrected chi connectivity index (χ4v) is 1.98. The third-order valence-corrected chi connectivity index (χ3v) is 3.08. The lowest BCUT2D eigenvalue weighted by Crippen LogP contribution is -2.15. The predicted molar refractivity (Wildman–Crippen MR) is 68.9 cm³/mol. The van der Waals surface area contributed by atoms with Crippen molar-refractivity contribution in [1.29, 1.82) is 0 Å². The molecule has 1 N–H and O–H groups in total. The maximum Gasteiger partial charge on any atom is 0.141 e. The minimum absolute atomic E-state index is 0.313. The molecule has 0 amide bonds. The highest BCUT2D eigenvalue weighted by molar-refractivity contribution is 6.33. The van der Waals surface area contributed by atoms with Gasteiger partial charge in [0.1, 0.15) is 11.6 Å². The lowest BCUT2D eigenvalue weighted by atomic mass is 10.2. The lowest BCUT2D eigenvalue weighted by Gasteiger charge is -2.12. The van der Waals surface area contributed by atoms with E-state index < -0.39 is 6.10 Å². The molecule has 0 aliphatic heterocycles. The summed E-state index contributed by atoms with van der Waals surface area (Å²) >= 11 is 6.01. The molecular formula is C13H14ClFN2O. The summed E-state index contributed by atoms with van der Waals surface area (Å²) in [7, 11) is 0. The standard InChI is InChI=1S/C13H14ClFN2O/c1-2-10(18)8-17-6-5-16-13(17)11-4-3-9(15)7-12(11)14/h3-7,10,18H,2,8H2,1H3. The minimum atomic E-state index is -0.433. The molecule has 3 nitrogen and oxygen atoms in total. The summed E-state index contributed by atoms with van der Waals surface area (Å²) in [5.74, 6) is 0.253. The largest absolute Gasteiger partial charge is 0.391 e. The van der Waals surface area contributed by atoms with Crippen LogP contribution in [0.2, 0.25) is 5.02 Å². The molecule has 0 bridgehead atoms. The molecule has 1 heterocycles. The SMILES string of the molecule is CCC(O)Cn1ccnc1-c1ccc(F)cc1Cl. The van der Waals surface area contributed by atoms with Crippen molar-refractivity contribution in [2.45, 2.75) is 26.0 Å². The number of hydrogen-bond acceptors (Lipinski definition) is 2. The number of benzene rings is 1. The summed E-state index contributed by atoms with van der Waals surface area (Å²) in [5.41, 5.74) is 0.659. The number of aromatic nitrogens is 2. The summed E-state index contributed by atoms with van der Waals surface area (Å²) in [6.07, 6.45) is 3.64. The van der Waals surface area contributed by atoms with E-state index in [4.69, 9.17) is 11.6 Å². The molecule has 96 valence electrons. The molecule has 1 aromatic heterocycles. The number of aliphatic hydroxyl groups excluding tert-OH is 1. The minimum Gasteiger partial charge on any atom is -0.391 e. The van der Waals surface area contributed by atoms with Gasteiger partial charge in [0.05, 0.1) is 17.7 Å². The van der Waals surface area contributed by atoms with Crippen LogP contribution in [-0.4, -0.2) is 20.8 Å². The van der Waals surface area contributed by atoms with Crippen LogP contribution in [0.5, 0.6) is 0 Å². The van der Waals surface area contributed by atoms with E-state index in [-0.39, 0.29) is 5.82 Å². The van der Waals surface area contributed by atoms with Crippen LogP contribution in [0.4, 0.5) is 4.39 Å². The highest BCUT2D eigenvalue weighted by Gasteiger charge is 2.12. The molecular weight excluding hydrogens is 255 g/mol. The molecule has 5 heteroatoms. The van der Waals surface area contributed by atoms with E-state index in [0.717, 1.165) is 0 Å². The first-order valence-corrected chi connectivity index (χ1v) is 6.14. The smallest absolute Gasteiger partial charge is 0.141 e.